The largest absolute Gasteiger partial charge is 0.411 e. The maximum atomic E-state index is 13.2. The van der Waals surface area contributed by atoms with E-state index in [1.165, 1.54) is 12.1 Å². The Morgan fingerprint density at radius 2 is 2.09 bits per heavy atom. The molecule has 1 amide bonds. The third-order valence-electron chi connectivity index (χ3n) is 3.19. The zero-order valence-electron chi connectivity index (χ0n) is 12.2. The molecule has 2 N–H and O–H groups in total. The standard InChI is InChI=1S/C15H16F4N2O2/c16-11-1-2-13-12(7-11)10(8-21-13)3-5-20-14(22)4-6-23-9-15(17,18)19/h1-2,7-8,21H,3-6,9H2,(H,20,22). The van der Waals surface area contributed by atoms with Crippen molar-refractivity contribution in [2.24, 2.45) is 0 Å². The predicted octanol–water partition coefficient (Wildman–Crippen LogP) is 2.93. The summed E-state index contributed by atoms with van der Waals surface area (Å²) in [6.07, 6.45) is -2.30. The predicted molar refractivity (Wildman–Crippen MR) is 76.5 cm³/mol. The lowest BCUT2D eigenvalue weighted by Crippen LogP contribution is -2.27. The summed E-state index contributed by atoms with van der Waals surface area (Å²) in [6.45, 7) is -1.34. The van der Waals surface area contributed by atoms with Crippen LogP contribution >= 0.6 is 0 Å². The quantitative estimate of drug-likeness (QED) is 0.605. The Bertz CT molecular complexity index is 667. The summed E-state index contributed by atoms with van der Waals surface area (Å²) >= 11 is 0. The molecule has 0 spiro atoms. The molecule has 4 nitrogen and oxygen atoms in total. The molecule has 0 atom stereocenters. The highest BCUT2D eigenvalue weighted by Crippen LogP contribution is 2.19. The van der Waals surface area contributed by atoms with Crippen LogP contribution in [-0.4, -0.2) is 36.8 Å². The van der Waals surface area contributed by atoms with Crippen LogP contribution in [0.15, 0.2) is 24.4 Å². The molecule has 0 fully saturated rings. The molecule has 126 valence electrons. The van der Waals surface area contributed by atoms with Gasteiger partial charge in [-0.1, -0.05) is 0 Å². The Balaban J connectivity index is 1.72. The second-order valence-electron chi connectivity index (χ2n) is 5.02. The molecule has 0 bridgehead atoms. The summed E-state index contributed by atoms with van der Waals surface area (Å²) in [4.78, 5) is 14.5. The van der Waals surface area contributed by atoms with Crippen molar-refractivity contribution in [3.05, 3.63) is 35.8 Å². The lowest BCUT2D eigenvalue weighted by Gasteiger charge is -2.08. The first-order valence-corrected chi connectivity index (χ1v) is 7.02. The highest BCUT2D eigenvalue weighted by atomic mass is 19.4. The molecule has 1 aromatic heterocycles. The third-order valence-corrected chi connectivity index (χ3v) is 3.19. The number of fused-ring (bicyclic) bond motifs is 1. The number of carbonyl (C=O) groups excluding carboxylic acids is 1. The van der Waals surface area contributed by atoms with Gasteiger partial charge in [0.05, 0.1) is 6.61 Å². The molecule has 2 aromatic rings. The molecule has 0 aliphatic rings. The Morgan fingerprint density at radius 3 is 2.83 bits per heavy atom. The van der Waals surface area contributed by atoms with Crippen LogP contribution in [0, 0.1) is 5.82 Å². The molecular weight excluding hydrogens is 316 g/mol. The van der Waals surface area contributed by atoms with Crippen molar-refractivity contribution in [1.29, 1.82) is 0 Å². The van der Waals surface area contributed by atoms with E-state index >= 15 is 0 Å². The van der Waals surface area contributed by atoms with E-state index < -0.39 is 18.7 Å². The summed E-state index contributed by atoms with van der Waals surface area (Å²) in [5.41, 5.74) is 1.65. The van der Waals surface area contributed by atoms with Crippen LogP contribution in [0.5, 0.6) is 0 Å². The number of carbonyl (C=O) groups is 1. The van der Waals surface area contributed by atoms with Crippen molar-refractivity contribution in [2.75, 3.05) is 19.8 Å². The van der Waals surface area contributed by atoms with E-state index in [0.29, 0.717) is 13.0 Å². The number of nitrogens with one attached hydrogen (secondary N) is 2. The number of aromatic nitrogens is 1. The first kappa shape index (κ1) is 17.3. The van der Waals surface area contributed by atoms with Crippen LogP contribution in [-0.2, 0) is 16.0 Å². The number of rotatable bonds is 7. The normalized spacial score (nSPS) is 11.8. The van der Waals surface area contributed by atoms with E-state index in [4.69, 9.17) is 0 Å². The first-order chi connectivity index (χ1) is 10.8. The van der Waals surface area contributed by atoms with Crippen LogP contribution in [0.4, 0.5) is 17.6 Å². The van der Waals surface area contributed by atoms with Gasteiger partial charge in [0, 0.05) is 30.1 Å². The molecule has 0 saturated carbocycles. The van der Waals surface area contributed by atoms with E-state index in [1.54, 1.807) is 12.3 Å². The SMILES string of the molecule is O=C(CCOCC(F)(F)F)NCCc1c[nH]c2ccc(F)cc12. The smallest absolute Gasteiger partial charge is 0.372 e. The van der Waals surface area contributed by atoms with Gasteiger partial charge in [0.1, 0.15) is 12.4 Å². The topological polar surface area (TPSA) is 54.1 Å². The first-order valence-electron chi connectivity index (χ1n) is 7.02. The van der Waals surface area contributed by atoms with Gasteiger partial charge >= 0.3 is 6.18 Å². The van der Waals surface area contributed by atoms with E-state index in [2.05, 4.69) is 15.0 Å². The summed E-state index contributed by atoms with van der Waals surface area (Å²) < 4.78 is 53.1. The van der Waals surface area contributed by atoms with Gasteiger partial charge in [-0.3, -0.25) is 4.79 Å². The number of aromatic amines is 1. The number of halogens is 4. The number of amides is 1. The Hall–Kier alpha value is -2.09. The number of hydrogen-bond donors (Lipinski definition) is 2. The number of alkyl halides is 3. The van der Waals surface area contributed by atoms with Gasteiger partial charge in [0.15, 0.2) is 0 Å². The maximum Gasteiger partial charge on any atom is 0.411 e. The van der Waals surface area contributed by atoms with Gasteiger partial charge < -0.3 is 15.0 Å². The minimum atomic E-state index is -4.39. The molecule has 1 aromatic carbocycles. The minimum absolute atomic E-state index is 0.140. The van der Waals surface area contributed by atoms with E-state index in [-0.39, 0.29) is 18.8 Å². The van der Waals surface area contributed by atoms with Crippen LogP contribution in [0.2, 0.25) is 0 Å². The van der Waals surface area contributed by atoms with Crippen LogP contribution < -0.4 is 5.32 Å². The second kappa shape index (κ2) is 7.45. The number of benzene rings is 1. The molecule has 1 heterocycles. The van der Waals surface area contributed by atoms with E-state index in [9.17, 15) is 22.4 Å². The summed E-state index contributed by atoms with van der Waals surface area (Å²) in [7, 11) is 0. The van der Waals surface area contributed by atoms with Crippen molar-refractivity contribution in [3.63, 3.8) is 0 Å². The molecule has 0 unspecified atom stereocenters. The molecule has 0 aliphatic carbocycles. The van der Waals surface area contributed by atoms with Crippen molar-refractivity contribution in [1.82, 2.24) is 10.3 Å². The zero-order chi connectivity index (χ0) is 16.9. The number of ether oxygens (including phenoxy) is 1. The van der Waals surface area contributed by atoms with E-state index in [0.717, 1.165) is 16.5 Å². The lowest BCUT2D eigenvalue weighted by atomic mass is 10.1. The van der Waals surface area contributed by atoms with E-state index in [1.807, 2.05) is 0 Å². The summed E-state index contributed by atoms with van der Waals surface area (Å²) in [5, 5.41) is 3.33. The third kappa shape index (κ3) is 5.55. The number of H-pyrrole nitrogens is 1. The molecule has 23 heavy (non-hydrogen) atoms. The molecule has 0 aliphatic heterocycles. The molecule has 2 rings (SSSR count). The Kier molecular flexibility index (Phi) is 5.59. The average molecular weight is 332 g/mol. The Morgan fingerprint density at radius 1 is 1.30 bits per heavy atom. The van der Waals surface area contributed by atoms with Crippen molar-refractivity contribution < 1.29 is 27.1 Å². The van der Waals surface area contributed by atoms with Gasteiger partial charge in [-0.05, 0) is 30.2 Å². The van der Waals surface area contributed by atoms with Crippen LogP contribution in [0.1, 0.15) is 12.0 Å². The van der Waals surface area contributed by atoms with Crippen LogP contribution in [0.25, 0.3) is 10.9 Å². The fraction of sp³-hybridized carbons (Fsp3) is 0.400. The van der Waals surface area contributed by atoms with Gasteiger partial charge in [-0.2, -0.15) is 13.2 Å². The minimum Gasteiger partial charge on any atom is -0.372 e. The highest BCUT2D eigenvalue weighted by molar-refractivity contribution is 5.83. The monoisotopic (exact) mass is 332 g/mol. The maximum absolute atomic E-state index is 13.2. The van der Waals surface area contributed by atoms with Crippen molar-refractivity contribution >= 4 is 16.8 Å². The molecule has 0 saturated heterocycles. The highest BCUT2D eigenvalue weighted by Gasteiger charge is 2.27. The summed E-state index contributed by atoms with van der Waals surface area (Å²) in [6, 6.07) is 4.39. The number of hydrogen-bond acceptors (Lipinski definition) is 2. The van der Waals surface area contributed by atoms with Crippen LogP contribution in [0.3, 0.4) is 0 Å². The van der Waals surface area contributed by atoms with Crippen molar-refractivity contribution in [3.8, 4) is 0 Å². The molecular formula is C15H16F4N2O2. The van der Waals surface area contributed by atoms with Gasteiger partial charge in [-0.15, -0.1) is 0 Å². The fourth-order valence-electron chi connectivity index (χ4n) is 2.14. The average Bonchev–Trinajstić information content (AvgIpc) is 2.85. The molecule has 0 radical (unpaired) electrons. The fourth-order valence-corrected chi connectivity index (χ4v) is 2.14. The molecule has 8 heteroatoms. The lowest BCUT2D eigenvalue weighted by molar-refractivity contribution is -0.174. The van der Waals surface area contributed by atoms with Crippen molar-refractivity contribution in [2.45, 2.75) is 19.0 Å². The van der Waals surface area contributed by atoms with Gasteiger partial charge in [0.2, 0.25) is 5.91 Å². The second-order valence-corrected chi connectivity index (χ2v) is 5.02. The van der Waals surface area contributed by atoms with Gasteiger partial charge in [-0.25, -0.2) is 4.39 Å². The van der Waals surface area contributed by atoms with Gasteiger partial charge in [0.25, 0.3) is 0 Å². The Labute approximate surface area is 129 Å². The summed E-state index contributed by atoms with van der Waals surface area (Å²) in [5.74, 6) is -0.734. The zero-order valence-corrected chi connectivity index (χ0v) is 12.2.